The summed E-state index contributed by atoms with van der Waals surface area (Å²) < 4.78 is 0. The number of aryl methyl sites for hydroxylation is 1. The van der Waals surface area contributed by atoms with Gasteiger partial charge in [0.15, 0.2) is 0 Å². The smallest absolute Gasteiger partial charge is 0.0921 e. The fourth-order valence-corrected chi connectivity index (χ4v) is 1.46. The predicted molar refractivity (Wildman–Crippen MR) is 63.0 cm³/mol. The van der Waals surface area contributed by atoms with Crippen molar-refractivity contribution < 1.29 is 0 Å². The lowest BCUT2D eigenvalue weighted by Crippen LogP contribution is -2.17. The molecule has 84 valence electrons. The highest BCUT2D eigenvalue weighted by Crippen LogP contribution is 1.98. The van der Waals surface area contributed by atoms with Crippen LogP contribution in [0.4, 0.5) is 0 Å². The first-order chi connectivity index (χ1) is 7.84. The van der Waals surface area contributed by atoms with Gasteiger partial charge in [0.1, 0.15) is 0 Å². The molecule has 0 aromatic carbocycles. The van der Waals surface area contributed by atoms with E-state index in [0.717, 1.165) is 30.9 Å². The van der Waals surface area contributed by atoms with Crippen LogP contribution in [-0.4, -0.2) is 21.5 Å². The molecule has 2 rings (SSSR count). The molecular weight excluding hydrogens is 200 g/mol. The lowest BCUT2D eigenvalue weighted by atomic mass is 10.2. The minimum Gasteiger partial charge on any atom is -0.348 e. The van der Waals surface area contributed by atoms with Gasteiger partial charge in [0, 0.05) is 37.6 Å². The largest absolute Gasteiger partial charge is 0.348 e. The number of hydrogen-bond donors (Lipinski definition) is 2. The first kappa shape index (κ1) is 10.8. The number of hydrogen-bond acceptors (Lipinski definition) is 3. The van der Waals surface area contributed by atoms with Gasteiger partial charge in [0.2, 0.25) is 0 Å². The Bertz CT molecular complexity index is 405. The number of rotatable bonds is 5. The molecule has 16 heavy (non-hydrogen) atoms. The van der Waals surface area contributed by atoms with Crippen molar-refractivity contribution >= 4 is 0 Å². The van der Waals surface area contributed by atoms with E-state index < -0.39 is 0 Å². The normalized spacial score (nSPS) is 10.6. The molecule has 0 aliphatic carbocycles. The molecule has 2 N–H and O–H groups in total. The van der Waals surface area contributed by atoms with Gasteiger partial charge in [-0.05, 0) is 18.6 Å². The summed E-state index contributed by atoms with van der Waals surface area (Å²) in [6, 6.07) is 4.14. The molecule has 0 saturated heterocycles. The maximum atomic E-state index is 4.33. The van der Waals surface area contributed by atoms with Gasteiger partial charge in [-0.15, -0.1) is 0 Å². The molecule has 2 aromatic rings. The second kappa shape index (κ2) is 5.42. The molecule has 0 atom stereocenters. The fourth-order valence-electron chi connectivity index (χ4n) is 1.46. The summed E-state index contributed by atoms with van der Waals surface area (Å²) in [6.45, 7) is 3.79. The number of aromatic nitrogens is 3. The Kier molecular flexibility index (Phi) is 3.66. The van der Waals surface area contributed by atoms with Gasteiger partial charge in [-0.25, -0.2) is 4.98 Å². The van der Waals surface area contributed by atoms with Crippen LogP contribution < -0.4 is 5.32 Å². The lowest BCUT2D eigenvalue weighted by Gasteiger charge is -2.03. The Hall–Kier alpha value is -1.68. The second-order valence-electron chi connectivity index (χ2n) is 3.83. The van der Waals surface area contributed by atoms with Gasteiger partial charge < -0.3 is 10.3 Å². The zero-order valence-corrected chi connectivity index (χ0v) is 9.40. The van der Waals surface area contributed by atoms with Gasteiger partial charge in [-0.2, -0.15) is 0 Å². The van der Waals surface area contributed by atoms with Crippen molar-refractivity contribution in [2.45, 2.75) is 19.9 Å². The summed E-state index contributed by atoms with van der Waals surface area (Å²) in [4.78, 5) is 11.4. The lowest BCUT2D eigenvalue weighted by molar-refractivity contribution is 0.669. The summed E-state index contributed by atoms with van der Waals surface area (Å²) in [6.07, 6.45) is 6.42. The Labute approximate surface area is 95.1 Å². The molecule has 4 nitrogen and oxygen atoms in total. The molecule has 0 amide bonds. The summed E-state index contributed by atoms with van der Waals surface area (Å²) in [7, 11) is 0. The van der Waals surface area contributed by atoms with Gasteiger partial charge in [0.05, 0.1) is 12.0 Å². The predicted octanol–water partition coefficient (Wildman–Crippen LogP) is 1.45. The molecule has 0 bridgehead atoms. The van der Waals surface area contributed by atoms with Crippen LogP contribution in [0.3, 0.4) is 0 Å². The number of nitrogens with one attached hydrogen (secondary N) is 2. The Morgan fingerprint density at radius 3 is 2.94 bits per heavy atom. The first-order valence-corrected chi connectivity index (χ1v) is 5.44. The van der Waals surface area contributed by atoms with Crippen molar-refractivity contribution in [3.8, 4) is 0 Å². The maximum Gasteiger partial charge on any atom is 0.0921 e. The highest BCUT2D eigenvalue weighted by Gasteiger charge is 1.95. The van der Waals surface area contributed by atoms with Crippen LogP contribution in [0, 0.1) is 6.92 Å². The van der Waals surface area contributed by atoms with E-state index >= 15 is 0 Å². The summed E-state index contributed by atoms with van der Waals surface area (Å²) >= 11 is 0. The SMILES string of the molecule is Cc1ccc(CNCCc2cnc[nH]2)nc1. The number of nitrogens with zero attached hydrogens (tertiary/aromatic N) is 2. The molecule has 0 saturated carbocycles. The minimum absolute atomic E-state index is 0.814. The average molecular weight is 216 g/mol. The number of aromatic amines is 1. The Balaban J connectivity index is 1.70. The van der Waals surface area contributed by atoms with Crippen LogP contribution in [0.2, 0.25) is 0 Å². The van der Waals surface area contributed by atoms with Crippen molar-refractivity contribution in [2.75, 3.05) is 6.54 Å². The first-order valence-electron chi connectivity index (χ1n) is 5.44. The van der Waals surface area contributed by atoms with Crippen LogP contribution in [-0.2, 0) is 13.0 Å². The van der Waals surface area contributed by atoms with Crippen LogP contribution in [0.15, 0.2) is 30.9 Å². The number of imidazole rings is 1. The molecular formula is C12H16N4. The second-order valence-corrected chi connectivity index (χ2v) is 3.83. The van der Waals surface area contributed by atoms with Crippen molar-refractivity contribution in [3.05, 3.63) is 47.8 Å². The quantitative estimate of drug-likeness (QED) is 0.744. The van der Waals surface area contributed by atoms with E-state index in [4.69, 9.17) is 0 Å². The summed E-state index contributed by atoms with van der Waals surface area (Å²) in [5, 5.41) is 3.35. The third-order valence-corrected chi connectivity index (χ3v) is 2.40. The van der Waals surface area contributed by atoms with Crippen LogP contribution in [0.5, 0.6) is 0 Å². The summed E-state index contributed by atoms with van der Waals surface area (Å²) in [5.41, 5.74) is 3.43. The van der Waals surface area contributed by atoms with Crippen LogP contribution >= 0.6 is 0 Å². The van der Waals surface area contributed by atoms with Gasteiger partial charge in [-0.3, -0.25) is 4.98 Å². The monoisotopic (exact) mass is 216 g/mol. The van der Waals surface area contributed by atoms with Crippen molar-refractivity contribution in [2.24, 2.45) is 0 Å². The standard InChI is InChI=1S/C12H16N4/c1-10-2-3-11(15-6-10)7-13-5-4-12-8-14-9-16-12/h2-3,6,8-9,13H,4-5,7H2,1H3,(H,14,16). The van der Waals surface area contributed by atoms with Gasteiger partial charge in [-0.1, -0.05) is 6.07 Å². The number of H-pyrrole nitrogens is 1. The highest BCUT2D eigenvalue weighted by molar-refractivity contribution is 5.11. The van der Waals surface area contributed by atoms with E-state index in [9.17, 15) is 0 Å². The zero-order chi connectivity index (χ0) is 11.2. The maximum absolute atomic E-state index is 4.33. The molecule has 2 heterocycles. The Morgan fingerprint density at radius 2 is 2.25 bits per heavy atom. The van der Waals surface area contributed by atoms with Crippen LogP contribution in [0.25, 0.3) is 0 Å². The molecule has 0 unspecified atom stereocenters. The molecule has 0 aliphatic heterocycles. The molecule has 0 aliphatic rings. The van der Waals surface area contributed by atoms with E-state index in [-0.39, 0.29) is 0 Å². The van der Waals surface area contributed by atoms with E-state index in [1.54, 1.807) is 6.33 Å². The Morgan fingerprint density at radius 1 is 1.31 bits per heavy atom. The molecule has 0 spiro atoms. The highest BCUT2D eigenvalue weighted by atomic mass is 14.9. The number of pyridine rings is 1. The fraction of sp³-hybridized carbons (Fsp3) is 0.333. The van der Waals surface area contributed by atoms with E-state index in [2.05, 4.69) is 32.4 Å². The third-order valence-electron chi connectivity index (χ3n) is 2.40. The third kappa shape index (κ3) is 3.17. The summed E-state index contributed by atoms with van der Waals surface area (Å²) in [5.74, 6) is 0. The van der Waals surface area contributed by atoms with Crippen LogP contribution in [0.1, 0.15) is 17.0 Å². The zero-order valence-electron chi connectivity index (χ0n) is 9.40. The van der Waals surface area contributed by atoms with E-state index in [0.29, 0.717) is 0 Å². The van der Waals surface area contributed by atoms with Crippen molar-refractivity contribution in [3.63, 3.8) is 0 Å². The van der Waals surface area contributed by atoms with E-state index in [1.165, 1.54) is 5.56 Å². The molecule has 4 heteroatoms. The average Bonchev–Trinajstić information content (AvgIpc) is 2.80. The van der Waals surface area contributed by atoms with Gasteiger partial charge in [0.25, 0.3) is 0 Å². The van der Waals surface area contributed by atoms with Crippen molar-refractivity contribution in [1.29, 1.82) is 0 Å². The molecule has 0 fully saturated rings. The topological polar surface area (TPSA) is 53.6 Å². The van der Waals surface area contributed by atoms with E-state index in [1.807, 2.05) is 19.3 Å². The van der Waals surface area contributed by atoms with Gasteiger partial charge >= 0.3 is 0 Å². The van der Waals surface area contributed by atoms with Crippen molar-refractivity contribution in [1.82, 2.24) is 20.3 Å². The molecule has 2 aromatic heterocycles. The minimum atomic E-state index is 0.814. The molecule has 0 radical (unpaired) electrons.